The van der Waals surface area contributed by atoms with Crippen LogP contribution in [0.1, 0.15) is 20.8 Å². The van der Waals surface area contributed by atoms with Gasteiger partial charge in [0.15, 0.2) is 0 Å². The van der Waals surface area contributed by atoms with Gasteiger partial charge in [-0.15, -0.1) is 6.92 Å². The average molecular weight is 387 g/mol. The molecule has 61 valence electrons. The molecular formula is C7H13KOVW-2. The molecule has 0 N–H and O–H groups in total. The van der Waals surface area contributed by atoms with Crippen LogP contribution in [0.5, 0.6) is 0 Å². The molecule has 0 aromatic carbocycles. The summed E-state index contributed by atoms with van der Waals surface area (Å²) < 4.78 is 0. The first-order chi connectivity index (χ1) is 3.68. The first kappa shape index (κ1) is 23.6. The molecule has 11 heavy (non-hydrogen) atoms. The largest absolute Gasteiger partial charge is 1.00 e. The van der Waals surface area contributed by atoms with E-state index in [4.69, 9.17) is 0 Å². The Morgan fingerprint density at radius 2 is 1.55 bits per heavy atom. The fourth-order valence-electron chi connectivity index (χ4n) is 0.333. The van der Waals surface area contributed by atoms with Crippen molar-refractivity contribution in [3.63, 3.8) is 0 Å². The van der Waals surface area contributed by atoms with E-state index in [0.717, 1.165) is 0 Å². The molecule has 0 rings (SSSR count). The van der Waals surface area contributed by atoms with E-state index < -0.39 is 0 Å². The molecule has 0 spiro atoms. The molecule has 1 radical (unpaired) electrons. The quantitative estimate of drug-likeness (QED) is 0.399. The minimum absolute atomic E-state index is 0. The van der Waals surface area contributed by atoms with Crippen LogP contribution in [-0.2, 0) is 39.6 Å². The van der Waals surface area contributed by atoms with Crippen molar-refractivity contribution >= 4 is 0 Å². The molecular weight excluding hydrogens is 374 g/mol. The van der Waals surface area contributed by atoms with Crippen molar-refractivity contribution in [2.75, 3.05) is 6.61 Å². The Morgan fingerprint density at radius 3 is 1.55 bits per heavy atom. The summed E-state index contributed by atoms with van der Waals surface area (Å²) in [6.45, 7) is 5.72. The van der Waals surface area contributed by atoms with Crippen LogP contribution in [0.15, 0.2) is 0 Å². The van der Waals surface area contributed by atoms with E-state index in [0.29, 0.717) is 0 Å². The van der Waals surface area contributed by atoms with Gasteiger partial charge in [-0.2, -0.15) is 20.5 Å². The first-order valence-electron chi connectivity index (χ1n) is 2.87. The van der Waals surface area contributed by atoms with Crippen LogP contribution in [0.4, 0.5) is 0 Å². The van der Waals surface area contributed by atoms with Crippen molar-refractivity contribution in [3.8, 4) is 0 Å². The summed E-state index contributed by atoms with van der Waals surface area (Å²) in [5, 5.41) is 10.4. The zero-order valence-electron chi connectivity index (χ0n) is 7.63. The van der Waals surface area contributed by atoms with E-state index in [-0.39, 0.29) is 103 Å². The molecule has 0 aliphatic rings. The van der Waals surface area contributed by atoms with E-state index in [1.54, 1.807) is 0 Å². The molecule has 0 saturated carbocycles. The van der Waals surface area contributed by atoms with E-state index in [1.807, 2.05) is 33.6 Å². The first-order valence-corrected chi connectivity index (χ1v) is 2.87. The number of hydrogen-bond acceptors (Lipinski definition) is 1. The Labute approximate surface area is 139 Å². The summed E-state index contributed by atoms with van der Waals surface area (Å²) in [5.74, 6) is 0. The average Bonchev–Trinajstić information content (AvgIpc) is 1.87. The molecule has 4 heteroatoms. The summed E-state index contributed by atoms with van der Waals surface area (Å²) in [6.07, 6.45) is 3.86. The molecule has 0 aliphatic heterocycles. The van der Waals surface area contributed by atoms with Crippen molar-refractivity contribution in [2.45, 2.75) is 20.8 Å². The van der Waals surface area contributed by atoms with E-state index in [1.165, 1.54) is 0 Å². The van der Waals surface area contributed by atoms with Gasteiger partial charge in [-0.05, 0) is 0 Å². The molecule has 0 aromatic heterocycles. The summed E-state index contributed by atoms with van der Waals surface area (Å²) >= 11 is 0. The maximum atomic E-state index is 10.4. The zero-order chi connectivity index (χ0) is 6.62. The molecule has 0 atom stereocenters. The molecule has 0 amide bonds. The Morgan fingerprint density at radius 1 is 1.27 bits per heavy atom. The second kappa shape index (κ2) is 12.9. The third-order valence-electron chi connectivity index (χ3n) is 1.63. The van der Waals surface area contributed by atoms with Crippen molar-refractivity contribution < 1.29 is 96.1 Å². The summed E-state index contributed by atoms with van der Waals surface area (Å²) in [4.78, 5) is 0. The Balaban J connectivity index is -0.0000000817. The van der Waals surface area contributed by atoms with Gasteiger partial charge in [0.1, 0.15) is 0 Å². The fraction of sp³-hybridized carbons (Fsp3) is 0.714. The fourth-order valence-corrected chi connectivity index (χ4v) is 0.333. The van der Waals surface area contributed by atoms with Crippen LogP contribution in [0.2, 0.25) is 0 Å². The molecule has 0 heterocycles. The van der Waals surface area contributed by atoms with Crippen molar-refractivity contribution in [3.05, 3.63) is 12.8 Å². The summed E-state index contributed by atoms with van der Waals surface area (Å²) in [6, 6.07) is 0. The van der Waals surface area contributed by atoms with Gasteiger partial charge in [0.25, 0.3) is 0 Å². The maximum Gasteiger partial charge on any atom is 1.00 e. The van der Waals surface area contributed by atoms with Gasteiger partial charge in [-0.1, -0.05) is 0 Å². The second-order valence-electron chi connectivity index (χ2n) is 2.23. The zero-order valence-corrected chi connectivity index (χ0v) is 15.1. The Kier molecular flexibility index (Phi) is 27.6. The maximum absolute atomic E-state index is 10.4. The van der Waals surface area contributed by atoms with E-state index in [2.05, 4.69) is 0 Å². The molecule has 0 aliphatic carbocycles. The van der Waals surface area contributed by atoms with Gasteiger partial charge in [-0.25, -0.2) is 0 Å². The Bertz CT molecular complexity index is 61.2. The van der Waals surface area contributed by atoms with Crippen molar-refractivity contribution in [1.29, 1.82) is 0 Å². The van der Waals surface area contributed by atoms with Gasteiger partial charge in [-0.3, -0.25) is 0 Å². The molecule has 0 unspecified atom stereocenters. The molecule has 0 aromatic rings. The van der Waals surface area contributed by atoms with E-state index in [9.17, 15) is 5.11 Å². The molecule has 0 saturated heterocycles. The van der Waals surface area contributed by atoms with E-state index >= 15 is 0 Å². The van der Waals surface area contributed by atoms with Crippen LogP contribution in [0.3, 0.4) is 0 Å². The van der Waals surface area contributed by atoms with Crippen molar-refractivity contribution in [1.82, 2.24) is 0 Å². The number of rotatable bonds is 3. The van der Waals surface area contributed by atoms with Crippen LogP contribution in [0, 0.1) is 18.3 Å². The molecule has 0 fully saturated rings. The SMILES string of the molecule is C[CH-]C(C)([CH-]C)C[O-].[K+].[V].[W]. The topological polar surface area (TPSA) is 23.1 Å². The van der Waals surface area contributed by atoms with Gasteiger partial charge >= 0.3 is 51.4 Å². The van der Waals surface area contributed by atoms with Crippen LogP contribution >= 0.6 is 0 Å². The third-order valence-corrected chi connectivity index (χ3v) is 1.63. The summed E-state index contributed by atoms with van der Waals surface area (Å²) in [7, 11) is 0. The molecule has 0 bridgehead atoms. The van der Waals surface area contributed by atoms with Crippen LogP contribution < -0.4 is 56.5 Å². The normalized spacial score (nSPS) is 8.73. The van der Waals surface area contributed by atoms with Gasteiger partial charge in [0, 0.05) is 39.6 Å². The van der Waals surface area contributed by atoms with Gasteiger partial charge < -0.3 is 23.4 Å². The minimum atomic E-state index is -0.181. The third kappa shape index (κ3) is 10.8. The standard InChI is InChI=1S/C7H13O.K.V.W/c1-4-7(3,5-2)6-8;;;/h4-5H,6H2,1-3H3;;;/q-3;+1;;. The smallest absolute Gasteiger partial charge is 0.858 e. The second-order valence-corrected chi connectivity index (χ2v) is 2.23. The number of hydrogen-bond donors (Lipinski definition) is 0. The van der Waals surface area contributed by atoms with Gasteiger partial charge in [0.05, 0.1) is 0 Å². The predicted molar refractivity (Wildman–Crippen MR) is 32.9 cm³/mol. The summed E-state index contributed by atoms with van der Waals surface area (Å²) in [5.41, 5.74) is -0.181. The van der Waals surface area contributed by atoms with Gasteiger partial charge in [0.2, 0.25) is 0 Å². The predicted octanol–water partition coefficient (Wildman–Crippen LogP) is -2.20. The minimum Gasteiger partial charge on any atom is -0.858 e. The van der Waals surface area contributed by atoms with Crippen LogP contribution in [-0.4, -0.2) is 6.61 Å². The molecule has 1 nitrogen and oxygen atoms in total. The Hall–Kier alpha value is 2.87. The van der Waals surface area contributed by atoms with Crippen LogP contribution in [0.25, 0.3) is 0 Å². The monoisotopic (exact) mass is 387 g/mol. The van der Waals surface area contributed by atoms with Crippen molar-refractivity contribution in [2.24, 2.45) is 5.41 Å².